The van der Waals surface area contributed by atoms with Gasteiger partial charge in [0.15, 0.2) is 11.4 Å². The van der Waals surface area contributed by atoms with Crippen LogP contribution in [-0.2, 0) is 7.05 Å². The van der Waals surface area contributed by atoms with Crippen molar-refractivity contribution >= 4 is 22.4 Å². The van der Waals surface area contributed by atoms with Crippen LogP contribution in [0, 0.1) is 0 Å². The summed E-state index contributed by atoms with van der Waals surface area (Å²) in [6.07, 6.45) is 1.50. The van der Waals surface area contributed by atoms with Crippen LogP contribution in [0.5, 0.6) is 5.75 Å². The normalized spacial score (nSPS) is 10.8. The fraction of sp³-hybridized carbons (Fsp3) is 0.133. The van der Waals surface area contributed by atoms with E-state index in [2.05, 4.69) is 10.1 Å². The molecule has 6 nitrogen and oxygen atoms in total. The Morgan fingerprint density at radius 2 is 2.10 bits per heavy atom. The SMILES string of the molecule is COc1cnn(C)c1C(=O)c1cc(N)c2ccccc2n1. The van der Waals surface area contributed by atoms with E-state index in [0.717, 1.165) is 5.39 Å². The number of anilines is 1. The second kappa shape index (κ2) is 4.90. The van der Waals surface area contributed by atoms with Crippen molar-refractivity contribution < 1.29 is 9.53 Å². The molecule has 0 radical (unpaired) electrons. The van der Waals surface area contributed by atoms with Gasteiger partial charge in [-0.15, -0.1) is 0 Å². The third kappa shape index (κ3) is 2.10. The third-order valence-electron chi connectivity index (χ3n) is 3.32. The smallest absolute Gasteiger partial charge is 0.233 e. The Bertz CT molecular complexity index is 839. The summed E-state index contributed by atoms with van der Waals surface area (Å²) in [5.41, 5.74) is 7.83. The highest BCUT2D eigenvalue weighted by molar-refractivity contribution is 6.10. The molecule has 0 aliphatic heterocycles. The third-order valence-corrected chi connectivity index (χ3v) is 3.32. The summed E-state index contributed by atoms with van der Waals surface area (Å²) in [7, 11) is 3.18. The Balaban J connectivity index is 2.16. The largest absolute Gasteiger partial charge is 0.493 e. The van der Waals surface area contributed by atoms with Gasteiger partial charge < -0.3 is 10.5 Å². The molecule has 3 aromatic rings. The number of ether oxygens (including phenoxy) is 1. The van der Waals surface area contributed by atoms with E-state index in [-0.39, 0.29) is 11.5 Å². The van der Waals surface area contributed by atoms with Crippen molar-refractivity contribution in [1.82, 2.24) is 14.8 Å². The number of fused-ring (bicyclic) bond motifs is 1. The zero-order valence-electron chi connectivity index (χ0n) is 11.7. The number of methoxy groups -OCH3 is 1. The summed E-state index contributed by atoms with van der Waals surface area (Å²) in [5.74, 6) is 0.139. The zero-order chi connectivity index (χ0) is 15.0. The van der Waals surface area contributed by atoms with Gasteiger partial charge >= 0.3 is 0 Å². The summed E-state index contributed by atoms with van der Waals surface area (Å²) in [6, 6.07) is 9.01. The summed E-state index contributed by atoms with van der Waals surface area (Å²) >= 11 is 0. The fourth-order valence-electron chi connectivity index (χ4n) is 2.27. The molecule has 3 rings (SSSR count). The molecule has 2 N–H and O–H groups in total. The summed E-state index contributed by atoms with van der Waals surface area (Å²) < 4.78 is 6.63. The topological polar surface area (TPSA) is 83.0 Å². The van der Waals surface area contributed by atoms with Crippen molar-refractivity contribution in [3.05, 3.63) is 47.9 Å². The van der Waals surface area contributed by atoms with E-state index in [9.17, 15) is 4.79 Å². The molecule has 0 spiro atoms. The van der Waals surface area contributed by atoms with Crippen molar-refractivity contribution in [1.29, 1.82) is 0 Å². The monoisotopic (exact) mass is 282 g/mol. The van der Waals surface area contributed by atoms with E-state index >= 15 is 0 Å². The molecule has 0 saturated carbocycles. The number of ketones is 1. The molecule has 106 valence electrons. The van der Waals surface area contributed by atoms with Crippen LogP contribution in [0.1, 0.15) is 16.2 Å². The van der Waals surface area contributed by atoms with Crippen LogP contribution in [-0.4, -0.2) is 27.7 Å². The average molecular weight is 282 g/mol. The van der Waals surface area contributed by atoms with Crippen molar-refractivity contribution in [3.63, 3.8) is 0 Å². The number of hydrogen-bond donors (Lipinski definition) is 1. The second-order valence-corrected chi connectivity index (χ2v) is 4.63. The lowest BCUT2D eigenvalue weighted by Gasteiger charge is -2.07. The molecule has 2 heterocycles. The summed E-state index contributed by atoms with van der Waals surface area (Å²) in [5, 5.41) is 4.86. The van der Waals surface area contributed by atoms with Crippen LogP contribution < -0.4 is 10.5 Å². The van der Waals surface area contributed by atoms with Gasteiger partial charge in [0.25, 0.3) is 0 Å². The van der Waals surface area contributed by atoms with Crippen molar-refractivity contribution in [3.8, 4) is 5.75 Å². The predicted molar refractivity (Wildman–Crippen MR) is 79.3 cm³/mol. The number of aryl methyl sites for hydroxylation is 1. The highest BCUT2D eigenvalue weighted by atomic mass is 16.5. The average Bonchev–Trinajstić information content (AvgIpc) is 2.87. The molecule has 1 aromatic carbocycles. The maximum atomic E-state index is 12.6. The lowest BCUT2D eigenvalue weighted by molar-refractivity contribution is 0.102. The number of pyridine rings is 1. The summed E-state index contributed by atoms with van der Waals surface area (Å²) in [4.78, 5) is 17.0. The Hall–Kier alpha value is -2.89. The van der Waals surface area contributed by atoms with E-state index in [4.69, 9.17) is 10.5 Å². The van der Waals surface area contributed by atoms with E-state index in [1.54, 1.807) is 13.1 Å². The quantitative estimate of drug-likeness (QED) is 0.740. The first kappa shape index (κ1) is 13.1. The first-order valence-corrected chi connectivity index (χ1v) is 6.37. The Morgan fingerprint density at radius 3 is 2.86 bits per heavy atom. The maximum absolute atomic E-state index is 12.6. The van der Waals surface area contributed by atoms with Gasteiger partial charge in [-0.05, 0) is 12.1 Å². The molecule has 0 atom stereocenters. The van der Waals surface area contributed by atoms with Gasteiger partial charge in [0.2, 0.25) is 5.78 Å². The molecule has 0 unspecified atom stereocenters. The van der Waals surface area contributed by atoms with E-state index < -0.39 is 0 Å². The van der Waals surface area contributed by atoms with Gasteiger partial charge in [-0.2, -0.15) is 5.10 Å². The van der Waals surface area contributed by atoms with Crippen LogP contribution in [0.15, 0.2) is 36.5 Å². The second-order valence-electron chi connectivity index (χ2n) is 4.63. The molecule has 0 aliphatic carbocycles. The number of aromatic nitrogens is 3. The van der Waals surface area contributed by atoms with Gasteiger partial charge in [-0.3, -0.25) is 9.48 Å². The standard InChI is InChI=1S/C15H14N4O2/c1-19-14(13(21-2)8-17-19)15(20)12-7-10(16)9-5-3-4-6-11(9)18-12/h3-8H,1-2H3,(H2,16,18). The Kier molecular flexibility index (Phi) is 3.06. The minimum atomic E-state index is -0.274. The number of nitrogen functional groups attached to an aromatic ring is 1. The van der Waals surface area contributed by atoms with Crippen molar-refractivity contribution in [2.75, 3.05) is 12.8 Å². The molecule has 0 amide bonds. The van der Waals surface area contributed by atoms with Gasteiger partial charge in [0, 0.05) is 18.1 Å². The lowest BCUT2D eigenvalue weighted by atomic mass is 10.1. The minimum absolute atomic E-state index is 0.271. The van der Waals surface area contributed by atoms with Crippen LogP contribution in [0.25, 0.3) is 10.9 Å². The molecular formula is C15H14N4O2. The van der Waals surface area contributed by atoms with Gasteiger partial charge in [0.05, 0.1) is 18.8 Å². The Morgan fingerprint density at radius 1 is 1.33 bits per heavy atom. The predicted octanol–water partition coefficient (Wildman–Crippen LogP) is 1.79. The first-order valence-electron chi connectivity index (χ1n) is 6.37. The number of carbonyl (C=O) groups is 1. The molecule has 0 bridgehead atoms. The van der Waals surface area contributed by atoms with Crippen LogP contribution in [0.3, 0.4) is 0 Å². The summed E-state index contributed by atoms with van der Waals surface area (Å²) in [6.45, 7) is 0. The highest BCUT2D eigenvalue weighted by Gasteiger charge is 2.21. The molecule has 0 fully saturated rings. The lowest BCUT2D eigenvalue weighted by Crippen LogP contribution is -2.12. The van der Waals surface area contributed by atoms with Crippen molar-refractivity contribution in [2.24, 2.45) is 7.05 Å². The number of benzene rings is 1. The number of para-hydroxylation sites is 1. The van der Waals surface area contributed by atoms with E-state index in [1.807, 2.05) is 24.3 Å². The van der Waals surface area contributed by atoms with Gasteiger partial charge in [-0.25, -0.2) is 4.98 Å². The molecule has 2 aromatic heterocycles. The highest BCUT2D eigenvalue weighted by Crippen LogP contribution is 2.24. The molecule has 0 saturated heterocycles. The van der Waals surface area contributed by atoms with Crippen LogP contribution >= 0.6 is 0 Å². The zero-order valence-corrected chi connectivity index (χ0v) is 11.7. The van der Waals surface area contributed by atoms with Crippen molar-refractivity contribution in [2.45, 2.75) is 0 Å². The van der Waals surface area contributed by atoms with E-state index in [0.29, 0.717) is 22.6 Å². The molecule has 21 heavy (non-hydrogen) atoms. The fourth-order valence-corrected chi connectivity index (χ4v) is 2.27. The number of nitrogens with two attached hydrogens (primary N) is 1. The number of carbonyl (C=O) groups excluding carboxylic acids is 1. The molecule has 0 aliphatic rings. The molecule has 6 heteroatoms. The first-order chi connectivity index (χ1) is 10.1. The molecular weight excluding hydrogens is 268 g/mol. The van der Waals surface area contributed by atoms with Gasteiger partial charge in [0.1, 0.15) is 5.69 Å². The maximum Gasteiger partial charge on any atom is 0.233 e. The van der Waals surface area contributed by atoms with Crippen LogP contribution in [0.2, 0.25) is 0 Å². The Labute approximate surface area is 121 Å². The number of rotatable bonds is 3. The number of hydrogen-bond acceptors (Lipinski definition) is 5. The van der Waals surface area contributed by atoms with E-state index in [1.165, 1.54) is 18.0 Å². The minimum Gasteiger partial charge on any atom is -0.493 e. The number of nitrogens with zero attached hydrogens (tertiary/aromatic N) is 3. The van der Waals surface area contributed by atoms with Gasteiger partial charge in [-0.1, -0.05) is 18.2 Å². The van der Waals surface area contributed by atoms with Crippen LogP contribution in [0.4, 0.5) is 5.69 Å².